The lowest BCUT2D eigenvalue weighted by Gasteiger charge is -2.53. The molecule has 0 spiro atoms. The summed E-state index contributed by atoms with van der Waals surface area (Å²) in [6.45, 7) is 9.43. The summed E-state index contributed by atoms with van der Waals surface area (Å²) in [7, 11) is 0. The van der Waals surface area contributed by atoms with Gasteiger partial charge in [0.25, 0.3) is 0 Å². The van der Waals surface area contributed by atoms with Gasteiger partial charge in [-0.15, -0.1) is 0 Å². The third-order valence-electron chi connectivity index (χ3n) is 6.08. The Morgan fingerprint density at radius 2 is 1.94 bits per heavy atom. The molecule has 4 fully saturated rings. The molecule has 4 aliphatic carbocycles. The highest BCUT2D eigenvalue weighted by molar-refractivity contribution is 5.87. The topological polar surface area (TPSA) is 17.1 Å². The van der Waals surface area contributed by atoms with E-state index in [-0.39, 0.29) is 5.41 Å². The number of hydrogen-bond acceptors (Lipinski definition) is 1. The van der Waals surface area contributed by atoms with Crippen LogP contribution in [0.5, 0.6) is 0 Å². The van der Waals surface area contributed by atoms with Crippen LogP contribution in [0.2, 0.25) is 0 Å². The van der Waals surface area contributed by atoms with Crippen molar-refractivity contribution in [3.8, 4) is 0 Å². The monoisotopic (exact) mass is 220 g/mol. The van der Waals surface area contributed by atoms with Gasteiger partial charge < -0.3 is 0 Å². The van der Waals surface area contributed by atoms with Crippen LogP contribution in [0.15, 0.2) is 0 Å². The zero-order valence-corrected chi connectivity index (χ0v) is 11.0. The Bertz CT molecular complexity index is 345. The maximum atomic E-state index is 12.1. The summed E-state index contributed by atoms with van der Waals surface area (Å²) in [5.74, 6) is 3.81. The SMILES string of the molecule is CC(C)[C@H]1C[C@@]2(C)C[C@@]3(C)C[C@@H]1[C@@H]2CC3=O. The molecule has 0 N–H and O–H groups in total. The van der Waals surface area contributed by atoms with Gasteiger partial charge in [0.15, 0.2) is 0 Å². The maximum Gasteiger partial charge on any atom is 0.139 e. The first kappa shape index (κ1) is 10.8. The molecule has 5 atom stereocenters. The molecule has 0 amide bonds. The van der Waals surface area contributed by atoms with Crippen LogP contribution in [0, 0.1) is 34.5 Å². The lowest BCUT2D eigenvalue weighted by molar-refractivity contribution is -0.147. The molecule has 0 radical (unpaired) electrons. The van der Waals surface area contributed by atoms with Crippen LogP contribution in [-0.2, 0) is 4.79 Å². The highest BCUT2D eigenvalue weighted by Crippen LogP contribution is 2.69. The third kappa shape index (κ3) is 1.15. The zero-order valence-electron chi connectivity index (χ0n) is 11.0. The average Bonchev–Trinajstić information content (AvgIpc) is 2.37. The summed E-state index contributed by atoms with van der Waals surface area (Å²) in [6, 6.07) is 0. The van der Waals surface area contributed by atoms with Crippen LogP contribution >= 0.6 is 0 Å². The highest BCUT2D eigenvalue weighted by Gasteiger charge is 2.64. The van der Waals surface area contributed by atoms with Gasteiger partial charge in [-0.05, 0) is 48.3 Å². The van der Waals surface area contributed by atoms with Crippen molar-refractivity contribution in [1.82, 2.24) is 0 Å². The van der Waals surface area contributed by atoms with Gasteiger partial charge in [0, 0.05) is 11.8 Å². The van der Waals surface area contributed by atoms with E-state index in [9.17, 15) is 4.79 Å². The van der Waals surface area contributed by atoms with Crippen LogP contribution in [-0.4, -0.2) is 5.78 Å². The standard InChI is InChI=1S/C15H24O/c1-9(2)10-6-14(3)8-15(4)7-11(10)12(14)5-13(15)16/h9-12H,5-8H2,1-4H3/t10-,11+,12+,14+,15-/m1/s1. The average molecular weight is 220 g/mol. The Kier molecular flexibility index (Phi) is 1.97. The molecular formula is C15H24O. The number of carbonyl (C=O) groups is 1. The van der Waals surface area contributed by atoms with Crippen molar-refractivity contribution in [1.29, 1.82) is 0 Å². The van der Waals surface area contributed by atoms with Crippen molar-refractivity contribution in [2.75, 3.05) is 0 Å². The summed E-state index contributed by atoms with van der Waals surface area (Å²) in [5, 5.41) is 0. The van der Waals surface area contributed by atoms with Gasteiger partial charge >= 0.3 is 0 Å². The summed E-state index contributed by atoms with van der Waals surface area (Å²) < 4.78 is 0. The molecule has 0 aliphatic heterocycles. The minimum absolute atomic E-state index is 0.0395. The summed E-state index contributed by atoms with van der Waals surface area (Å²) in [6.07, 6.45) is 4.63. The molecule has 0 aromatic rings. The molecule has 0 unspecified atom stereocenters. The van der Waals surface area contributed by atoms with Crippen molar-refractivity contribution < 1.29 is 4.79 Å². The van der Waals surface area contributed by atoms with Crippen molar-refractivity contribution in [2.24, 2.45) is 34.5 Å². The minimum atomic E-state index is 0.0395. The zero-order chi connectivity index (χ0) is 11.7. The van der Waals surface area contributed by atoms with Crippen LogP contribution < -0.4 is 0 Å². The fourth-order valence-corrected chi connectivity index (χ4v) is 5.42. The molecule has 0 heterocycles. The Hall–Kier alpha value is -0.330. The van der Waals surface area contributed by atoms with Crippen LogP contribution in [0.3, 0.4) is 0 Å². The Balaban J connectivity index is 2.00. The van der Waals surface area contributed by atoms with Gasteiger partial charge in [-0.1, -0.05) is 27.7 Å². The molecule has 4 rings (SSSR count). The van der Waals surface area contributed by atoms with Crippen molar-refractivity contribution >= 4 is 5.78 Å². The lowest BCUT2D eigenvalue weighted by atomic mass is 9.50. The van der Waals surface area contributed by atoms with Gasteiger partial charge in [0.05, 0.1) is 0 Å². The molecule has 0 aromatic heterocycles. The molecule has 0 aromatic carbocycles. The van der Waals surface area contributed by atoms with Crippen LogP contribution in [0.1, 0.15) is 53.4 Å². The number of carbonyl (C=O) groups excluding carboxylic acids is 1. The second-order valence-electron chi connectivity index (χ2n) is 7.61. The van der Waals surface area contributed by atoms with E-state index < -0.39 is 0 Å². The number of rotatable bonds is 1. The molecule has 4 aliphatic rings. The van der Waals surface area contributed by atoms with E-state index in [1.54, 1.807) is 0 Å². The van der Waals surface area contributed by atoms with Gasteiger partial charge in [-0.3, -0.25) is 4.79 Å². The van der Waals surface area contributed by atoms with Gasteiger partial charge in [0.1, 0.15) is 5.78 Å². The Morgan fingerprint density at radius 1 is 1.25 bits per heavy atom. The molecule has 16 heavy (non-hydrogen) atoms. The first-order chi connectivity index (χ1) is 7.36. The number of Topliss-reactive ketones (excluding diaryl/α,β-unsaturated/α-hetero) is 1. The molecule has 90 valence electrons. The molecule has 0 saturated heterocycles. The third-order valence-corrected chi connectivity index (χ3v) is 6.08. The van der Waals surface area contributed by atoms with E-state index in [0.717, 1.165) is 24.2 Å². The second kappa shape index (κ2) is 2.91. The Morgan fingerprint density at radius 3 is 2.50 bits per heavy atom. The first-order valence-electron chi connectivity index (χ1n) is 6.89. The predicted octanol–water partition coefficient (Wildman–Crippen LogP) is 3.67. The smallest absolute Gasteiger partial charge is 0.139 e. The van der Waals surface area contributed by atoms with Crippen LogP contribution in [0.4, 0.5) is 0 Å². The number of hydrogen-bond donors (Lipinski definition) is 0. The Labute approximate surface area is 99.0 Å². The highest BCUT2D eigenvalue weighted by atomic mass is 16.1. The van der Waals surface area contributed by atoms with Gasteiger partial charge in [-0.25, -0.2) is 0 Å². The fourth-order valence-electron chi connectivity index (χ4n) is 5.42. The van der Waals surface area contributed by atoms with E-state index in [2.05, 4.69) is 27.7 Å². The fraction of sp³-hybridized carbons (Fsp3) is 0.933. The second-order valence-corrected chi connectivity index (χ2v) is 7.61. The lowest BCUT2D eigenvalue weighted by Crippen LogP contribution is -2.51. The molecule has 4 bridgehead atoms. The summed E-state index contributed by atoms with van der Waals surface area (Å²) in [4.78, 5) is 12.1. The van der Waals surface area contributed by atoms with E-state index >= 15 is 0 Å². The molecular weight excluding hydrogens is 196 g/mol. The maximum absolute atomic E-state index is 12.1. The first-order valence-corrected chi connectivity index (χ1v) is 6.89. The normalized spacial score (nSPS) is 55.1. The van der Waals surface area contributed by atoms with Crippen molar-refractivity contribution in [3.63, 3.8) is 0 Å². The van der Waals surface area contributed by atoms with Gasteiger partial charge in [0.2, 0.25) is 0 Å². The van der Waals surface area contributed by atoms with Crippen LogP contribution in [0.25, 0.3) is 0 Å². The quantitative estimate of drug-likeness (QED) is 0.659. The molecule has 1 heteroatoms. The molecule has 1 nitrogen and oxygen atoms in total. The van der Waals surface area contributed by atoms with E-state index in [0.29, 0.717) is 17.1 Å². The van der Waals surface area contributed by atoms with E-state index in [1.165, 1.54) is 19.3 Å². The molecule has 4 saturated carbocycles. The minimum Gasteiger partial charge on any atom is -0.299 e. The van der Waals surface area contributed by atoms with E-state index in [1.807, 2.05) is 0 Å². The van der Waals surface area contributed by atoms with E-state index in [4.69, 9.17) is 0 Å². The number of ketones is 1. The summed E-state index contributed by atoms with van der Waals surface area (Å²) >= 11 is 0. The summed E-state index contributed by atoms with van der Waals surface area (Å²) in [5.41, 5.74) is 0.526. The van der Waals surface area contributed by atoms with Gasteiger partial charge in [-0.2, -0.15) is 0 Å². The van der Waals surface area contributed by atoms with Crippen molar-refractivity contribution in [2.45, 2.75) is 53.4 Å². The number of fused-ring (bicyclic) bond motifs is 1. The largest absolute Gasteiger partial charge is 0.299 e. The predicted molar refractivity (Wildman–Crippen MR) is 65.0 cm³/mol. The van der Waals surface area contributed by atoms with Crippen molar-refractivity contribution in [3.05, 3.63) is 0 Å².